The molecule has 0 radical (unpaired) electrons. The summed E-state index contributed by atoms with van der Waals surface area (Å²) in [7, 11) is 0. The van der Waals surface area contributed by atoms with Gasteiger partial charge < -0.3 is 9.88 Å². The van der Waals surface area contributed by atoms with E-state index < -0.39 is 0 Å². The molecule has 90 valence electrons. The summed E-state index contributed by atoms with van der Waals surface area (Å²) in [5, 5.41) is 11.8. The van der Waals surface area contributed by atoms with E-state index >= 15 is 0 Å². The van der Waals surface area contributed by atoms with Gasteiger partial charge in [0.2, 0.25) is 0 Å². The summed E-state index contributed by atoms with van der Waals surface area (Å²) in [6.07, 6.45) is 5.48. The van der Waals surface area contributed by atoms with E-state index in [4.69, 9.17) is 0 Å². The van der Waals surface area contributed by atoms with Crippen LogP contribution < -0.4 is 5.32 Å². The van der Waals surface area contributed by atoms with Crippen LogP contribution in [0.25, 0.3) is 0 Å². The highest BCUT2D eigenvalue weighted by Crippen LogP contribution is 2.23. The van der Waals surface area contributed by atoms with Gasteiger partial charge in [0.05, 0.1) is 0 Å². The fraction of sp³-hybridized carbons (Fsp3) is 0.833. The average Bonchev–Trinajstić information content (AvgIpc) is 2.75. The minimum Gasteiger partial charge on any atom is -0.317 e. The molecule has 0 spiro atoms. The second-order valence-electron chi connectivity index (χ2n) is 5.09. The van der Waals surface area contributed by atoms with Crippen molar-refractivity contribution in [2.75, 3.05) is 13.1 Å². The second kappa shape index (κ2) is 5.43. The first-order valence-electron chi connectivity index (χ1n) is 6.36. The van der Waals surface area contributed by atoms with E-state index in [0.717, 1.165) is 25.6 Å². The molecule has 1 fully saturated rings. The summed E-state index contributed by atoms with van der Waals surface area (Å²) < 4.78 is 2.25. The summed E-state index contributed by atoms with van der Waals surface area (Å²) in [5.74, 6) is 2.54. The van der Waals surface area contributed by atoms with Gasteiger partial charge in [-0.1, -0.05) is 13.8 Å². The lowest BCUT2D eigenvalue weighted by Gasteiger charge is -2.22. The Morgan fingerprint density at radius 3 is 2.88 bits per heavy atom. The maximum absolute atomic E-state index is 4.30. The Bertz CT molecular complexity index is 313. The smallest absolute Gasteiger partial charge is 0.136 e. The number of nitrogens with zero attached hydrogens (tertiary/aromatic N) is 3. The summed E-state index contributed by atoms with van der Waals surface area (Å²) in [6, 6.07) is 0. The quantitative estimate of drug-likeness (QED) is 0.844. The van der Waals surface area contributed by atoms with Crippen LogP contribution in [-0.4, -0.2) is 27.9 Å². The summed E-state index contributed by atoms with van der Waals surface area (Å²) in [5.41, 5.74) is 0. The molecule has 2 heterocycles. The Balaban J connectivity index is 2.00. The van der Waals surface area contributed by atoms with Crippen molar-refractivity contribution in [3.63, 3.8) is 0 Å². The number of nitrogens with one attached hydrogen (secondary N) is 1. The minimum absolute atomic E-state index is 0.607. The van der Waals surface area contributed by atoms with Gasteiger partial charge in [-0.2, -0.15) is 0 Å². The molecular formula is C12H22N4. The number of piperidine rings is 1. The van der Waals surface area contributed by atoms with Gasteiger partial charge in [0.25, 0.3) is 0 Å². The standard InChI is InChI=1S/C12H22N4/c1-10(2)5-8-16-9-14-15-12(16)11-3-6-13-7-4-11/h9-11,13H,3-8H2,1-2H3. The molecule has 0 bridgehead atoms. The van der Waals surface area contributed by atoms with E-state index in [9.17, 15) is 0 Å². The van der Waals surface area contributed by atoms with Crippen molar-refractivity contribution in [1.82, 2.24) is 20.1 Å². The van der Waals surface area contributed by atoms with Crippen molar-refractivity contribution >= 4 is 0 Å². The van der Waals surface area contributed by atoms with Crippen molar-refractivity contribution in [2.24, 2.45) is 5.92 Å². The lowest BCUT2D eigenvalue weighted by Crippen LogP contribution is -2.28. The maximum Gasteiger partial charge on any atom is 0.136 e. The van der Waals surface area contributed by atoms with Crippen LogP contribution in [0.5, 0.6) is 0 Å². The molecule has 0 amide bonds. The zero-order valence-electron chi connectivity index (χ0n) is 10.3. The zero-order valence-corrected chi connectivity index (χ0v) is 10.3. The van der Waals surface area contributed by atoms with E-state index in [0.29, 0.717) is 5.92 Å². The van der Waals surface area contributed by atoms with Crippen LogP contribution in [0, 0.1) is 5.92 Å². The Labute approximate surface area is 97.5 Å². The Morgan fingerprint density at radius 2 is 2.19 bits per heavy atom. The molecule has 4 nitrogen and oxygen atoms in total. The van der Waals surface area contributed by atoms with Gasteiger partial charge in [-0.3, -0.25) is 0 Å². The molecule has 0 aromatic carbocycles. The average molecular weight is 222 g/mol. The molecule has 0 atom stereocenters. The maximum atomic E-state index is 4.30. The highest BCUT2D eigenvalue weighted by atomic mass is 15.3. The molecule has 1 N–H and O–H groups in total. The van der Waals surface area contributed by atoms with Crippen LogP contribution in [0.1, 0.15) is 44.9 Å². The zero-order chi connectivity index (χ0) is 11.4. The van der Waals surface area contributed by atoms with Crippen molar-refractivity contribution in [1.29, 1.82) is 0 Å². The van der Waals surface area contributed by atoms with Crippen LogP contribution >= 0.6 is 0 Å². The van der Waals surface area contributed by atoms with Gasteiger partial charge in [0, 0.05) is 12.5 Å². The molecule has 4 heteroatoms. The molecular weight excluding hydrogens is 200 g/mol. The molecule has 0 saturated carbocycles. The number of aryl methyl sites for hydroxylation is 1. The van der Waals surface area contributed by atoms with Gasteiger partial charge in [-0.15, -0.1) is 10.2 Å². The molecule has 16 heavy (non-hydrogen) atoms. The largest absolute Gasteiger partial charge is 0.317 e. The van der Waals surface area contributed by atoms with Gasteiger partial charge in [0.15, 0.2) is 0 Å². The van der Waals surface area contributed by atoms with E-state index in [1.54, 1.807) is 0 Å². The molecule has 1 aliphatic heterocycles. The van der Waals surface area contributed by atoms with Crippen LogP contribution in [0.3, 0.4) is 0 Å². The normalized spacial score (nSPS) is 18.2. The van der Waals surface area contributed by atoms with Crippen LogP contribution in [-0.2, 0) is 6.54 Å². The third kappa shape index (κ3) is 2.82. The molecule has 1 aromatic rings. The van der Waals surface area contributed by atoms with E-state index in [2.05, 4.69) is 33.9 Å². The molecule has 1 saturated heterocycles. The monoisotopic (exact) mass is 222 g/mol. The van der Waals surface area contributed by atoms with E-state index in [-0.39, 0.29) is 0 Å². The lowest BCUT2D eigenvalue weighted by atomic mass is 9.97. The van der Waals surface area contributed by atoms with Crippen LogP contribution in [0.15, 0.2) is 6.33 Å². The fourth-order valence-electron chi connectivity index (χ4n) is 2.23. The van der Waals surface area contributed by atoms with Crippen molar-refractivity contribution in [3.8, 4) is 0 Å². The summed E-state index contributed by atoms with van der Waals surface area (Å²) >= 11 is 0. The Morgan fingerprint density at radius 1 is 1.44 bits per heavy atom. The Kier molecular flexibility index (Phi) is 3.93. The van der Waals surface area contributed by atoms with Crippen LogP contribution in [0.4, 0.5) is 0 Å². The predicted molar refractivity (Wildman–Crippen MR) is 64.3 cm³/mol. The number of hydrogen-bond acceptors (Lipinski definition) is 3. The lowest BCUT2D eigenvalue weighted by molar-refractivity contribution is 0.419. The molecule has 0 unspecified atom stereocenters. The van der Waals surface area contributed by atoms with Gasteiger partial charge in [-0.05, 0) is 38.3 Å². The molecule has 1 aromatic heterocycles. The third-order valence-electron chi connectivity index (χ3n) is 3.30. The topological polar surface area (TPSA) is 42.7 Å². The first kappa shape index (κ1) is 11.6. The van der Waals surface area contributed by atoms with Gasteiger partial charge in [0.1, 0.15) is 12.2 Å². The fourth-order valence-corrected chi connectivity index (χ4v) is 2.23. The highest BCUT2D eigenvalue weighted by molar-refractivity contribution is 4.98. The number of rotatable bonds is 4. The van der Waals surface area contributed by atoms with Gasteiger partial charge >= 0.3 is 0 Å². The SMILES string of the molecule is CC(C)CCn1cnnc1C1CCNCC1. The molecule has 0 aliphatic carbocycles. The molecule has 1 aliphatic rings. The van der Waals surface area contributed by atoms with Crippen molar-refractivity contribution in [2.45, 2.75) is 45.6 Å². The summed E-state index contributed by atoms with van der Waals surface area (Å²) in [4.78, 5) is 0. The number of aromatic nitrogens is 3. The van der Waals surface area contributed by atoms with Crippen LogP contribution in [0.2, 0.25) is 0 Å². The van der Waals surface area contributed by atoms with Crippen molar-refractivity contribution in [3.05, 3.63) is 12.2 Å². The first-order valence-corrected chi connectivity index (χ1v) is 6.36. The van der Waals surface area contributed by atoms with Gasteiger partial charge in [-0.25, -0.2) is 0 Å². The van der Waals surface area contributed by atoms with Crippen molar-refractivity contribution < 1.29 is 0 Å². The first-order chi connectivity index (χ1) is 7.77. The van der Waals surface area contributed by atoms with E-state index in [1.165, 1.54) is 25.1 Å². The second-order valence-corrected chi connectivity index (χ2v) is 5.09. The third-order valence-corrected chi connectivity index (χ3v) is 3.30. The highest BCUT2D eigenvalue weighted by Gasteiger charge is 2.20. The Hall–Kier alpha value is -0.900. The number of hydrogen-bond donors (Lipinski definition) is 1. The van der Waals surface area contributed by atoms with E-state index in [1.807, 2.05) is 6.33 Å². The minimum atomic E-state index is 0.607. The predicted octanol–water partition coefficient (Wildman–Crippen LogP) is 1.79. The summed E-state index contributed by atoms with van der Waals surface area (Å²) in [6.45, 7) is 7.80. The molecule has 2 rings (SSSR count).